The molecular formula is C49H76O5. The maximum atomic E-state index is 12.2. The number of aliphatic hydroxyl groups is 1. The largest absolute Gasteiger partial charge is 0.462 e. The van der Waals surface area contributed by atoms with Crippen LogP contribution in [0.25, 0.3) is 0 Å². The highest BCUT2D eigenvalue weighted by atomic mass is 16.6. The van der Waals surface area contributed by atoms with Gasteiger partial charge >= 0.3 is 11.9 Å². The molecule has 0 aromatic rings. The number of aliphatic hydroxyl groups excluding tert-OH is 1. The third kappa shape index (κ3) is 41.1. The van der Waals surface area contributed by atoms with Crippen molar-refractivity contribution in [2.45, 2.75) is 161 Å². The molecule has 1 atom stereocenters. The van der Waals surface area contributed by atoms with Gasteiger partial charge in [-0.05, 0) is 103 Å². The fraction of sp³-hybridized carbons (Fsp3) is 0.551. The first-order valence-corrected chi connectivity index (χ1v) is 21.1. The molecule has 5 heteroatoms. The van der Waals surface area contributed by atoms with Crippen LogP contribution in [0.5, 0.6) is 0 Å². The summed E-state index contributed by atoms with van der Waals surface area (Å²) in [5, 5.41) is 9.56. The Kier molecular flexibility index (Phi) is 40.7. The van der Waals surface area contributed by atoms with Crippen LogP contribution in [0, 0.1) is 0 Å². The molecule has 0 saturated heterocycles. The molecule has 0 saturated carbocycles. The van der Waals surface area contributed by atoms with E-state index >= 15 is 0 Å². The molecule has 0 aliphatic rings. The summed E-state index contributed by atoms with van der Waals surface area (Å²) in [6, 6.07) is 0. The molecule has 0 aromatic heterocycles. The van der Waals surface area contributed by atoms with Crippen LogP contribution in [-0.4, -0.2) is 36.4 Å². The first kappa shape index (κ1) is 50.3. The predicted octanol–water partition coefficient (Wildman–Crippen LogP) is 13.6. The Balaban J connectivity index is 3.74. The topological polar surface area (TPSA) is 72.8 Å². The van der Waals surface area contributed by atoms with Crippen LogP contribution in [0.15, 0.2) is 122 Å². The van der Waals surface area contributed by atoms with Crippen molar-refractivity contribution >= 4 is 11.9 Å². The summed E-state index contributed by atoms with van der Waals surface area (Å²) in [4.78, 5) is 24.3. The van der Waals surface area contributed by atoms with Gasteiger partial charge in [0.05, 0.1) is 6.61 Å². The van der Waals surface area contributed by atoms with Crippen molar-refractivity contribution in [3.63, 3.8) is 0 Å². The van der Waals surface area contributed by atoms with Gasteiger partial charge in [0.25, 0.3) is 0 Å². The van der Waals surface area contributed by atoms with E-state index in [2.05, 4.69) is 135 Å². The first-order valence-electron chi connectivity index (χ1n) is 21.1. The van der Waals surface area contributed by atoms with Gasteiger partial charge in [0, 0.05) is 12.8 Å². The Morgan fingerprint density at radius 3 is 1.24 bits per heavy atom. The molecule has 1 N–H and O–H groups in total. The molecule has 0 fully saturated rings. The van der Waals surface area contributed by atoms with Crippen molar-refractivity contribution in [2.24, 2.45) is 0 Å². The van der Waals surface area contributed by atoms with E-state index in [1.54, 1.807) is 0 Å². The average Bonchev–Trinajstić information content (AvgIpc) is 3.17. The van der Waals surface area contributed by atoms with E-state index in [0.29, 0.717) is 12.8 Å². The quantitative estimate of drug-likeness (QED) is 0.0393. The smallest absolute Gasteiger partial charge is 0.306 e. The molecule has 0 aliphatic carbocycles. The molecule has 0 heterocycles. The minimum absolute atomic E-state index is 0.0998. The monoisotopic (exact) mass is 745 g/mol. The summed E-state index contributed by atoms with van der Waals surface area (Å²) in [7, 11) is 0. The van der Waals surface area contributed by atoms with Gasteiger partial charge < -0.3 is 14.6 Å². The number of hydrogen-bond donors (Lipinski definition) is 1. The third-order valence-electron chi connectivity index (χ3n) is 8.22. The van der Waals surface area contributed by atoms with Crippen molar-refractivity contribution in [1.82, 2.24) is 0 Å². The summed E-state index contributed by atoms with van der Waals surface area (Å²) in [6.07, 6.45) is 64.1. The number of ether oxygens (including phenoxy) is 2. The van der Waals surface area contributed by atoms with Gasteiger partial charge in [0.1, 0.15) is 6.61 Å². The maximum absolute atomic E-state index is 12.2. The summed E-state index contributed by atoms with van der Waals surface area (Å²) >= 11 is 0. The highest BCUT2D eigenvalue weighted by Crippen LogP contribution is 2.10. The zero-order valence-corrected chi connectivity index (χ0v) is 34.2. The SMILES string of the molecule is CC/C=C\C/C=C\C/C=C\C/C=C\C/C=C\C/C=C\C/C=C\C/C=C\CCCCC(=O)OC(CO)COC(=O)CCCCCCC/C=C\C/C=C\CCC. The van der Waals surface area contributed by atoms with Crippen LogP contribution in [0.4, 0.5) is 0 Å². The molecule has 0 aromatic carbocycles. The van der Waals surface area contributed by atoms with Gasteiger partial charge in [-0.2, -0.15) is 0 Å². The van der Waals surface area contributed by atoms with Gasteiger partial charge in [-0.25, -0.2) is 0 Å². The van der Waals surface area contributed by atoms with Crippen molar-refractivity contribution < 1.29 is 24.2 Å². The minimum atomic E-state index is -0.809. The highest BCUT2D eigenvalue weighted by molar-refractivity contribution is 5.70. The van der Waals surface area contributed by atoms with Crippen LogP contribution in [-0.2, 0) is 19.1 Å². The number of hydrogen-bond acceptors (Lipinski definition) is 5. The lowest BCUT2D eigenvalue weighted by Gasteiger charge is -2.15. The third-order valence-corrected chi connectivity index (χ3v) is 8.22. The number of esters is 2. The zero-order valence-electron chi connectivity index (χ0n) is 34.2. The Morgan fingerprint density at radius 2 is 0.796 bits per heavy atom. The molecule has 0 amide bonds. The molecular weight excluding hydrogens is 669 g/mol. The molecule has 0 bridgehead atoms. The normalized spacial score (nSPS) is 13.5. The average molecular weight is 745 g/mol. The lowest BCUT2D eigenvalue weighted by Crippen LogP contribution is -2.28. The van der Waals surface area contributed by atoms with Crippen LogP contribution < -0.4 is 0 Å². The second-order valence-corrected chi connectivity index (χ2v) is 13.3. The van der Waals surface area contributed by atoms with Gasteiger partial charge in [-0.3, -0.25) is 9.59 Å². The molecule has 0 radical (unpaired) electrons. The maximum Gasteiger partial charge on any atom is 0.306 e. The summed E-state index contributed by atoms with van der Waals surface area (Å²) in [5.74, 6) is -0.673. The van der Waals surface area contributed by atoms with Crippen LogP contribution in [0.3, 0.4) is 0 Å². The Labute approximate surface area is 331 Å². The molecule has 0 rings (SSSR count). The van der Waals surface area contributed by atoms with Gasteiger partial charge in [0.15, 0.2) is 6.10 Å². The number of allylic oxidation sites excluding steroid dienone is 20. The number of rotatable bonds is 36. The summed E-state index contributed by atoms with van der Waals surface area (Å²) in [5.41, 5.74) is 0. The fourth-order valence-corrected chi connectivity index (χ4v) is 5.08. The second kappa shape index (κ2) is 43.7. The lowest BCUT2D eigenvalue weighted by molar-refractivity contribution is -0.161. The van der Waals surface area contributed by atoms with E-state index in [0.717, 1.165) is 109 Å². The standard InChI is InChI=1S/C49H76O5/c1-3-5-7-9-11-13-15-17-18-19-20-21-22-23-24-25-26-27-28-29-30-32-34-36-38-40-42-44-49(52)54-47(45-50)46-53-48(51)43-41-39-37-35-33-31-16-14-12-10-8-6-4-2/h5,7-8,10-11,13-14,16-18,20-21,23-24,26-27,29-30,34,36,47,50H,3-4,6,9,12,15,19,22,25,28,31-33,35,37-46H2,1-2H3/b7-5-,10-8-,13-11-,16-14-,18-17-,21-20-,24-23-,27-26-,30-29-,36-34-. The van der Waals surface area contributed by atoms with Crippen molar-refractivity contribution in [1.29, 1.82) is 0 Å². The molecule has 5 nitrogen and oxygen atoms in total. The van der Waals surface area contributed by atoms with Gasteiger partial charge in [-0.15, -0.1) is 0 Å². The predicted molar refractivity (Wildman–Crippen MR) is 232 cm³/mol. The van der Waals surface area contributed by atoms with Gasteiger partial charge in [-0.1, -0.05) is 161 Å². The highest BCUT2D eigenvalue weighted by Gasteiger charge is 2.16. The van der Waals surface area contributed by atoms with E-state index in [9.17, 15) is 14.7 Å². The second-order valence-electron chi connectivity index (χ2n) is 13.3. The zero-order chi connectivity index (χ0) is 39.3. The molecule has 0 spiro atoms. The Hall–Kier alpha value is -3.70. The Bertz CT molecular complexity index is 1160. The van der Waals surface area contributed by atoms with Crippen molar-refractivity contribution in [3.05, 3.63) is 122 Å². The molecule has 302 valence electrons. The minimum Gasteiger partial charge on any atom is -0.462 e. The number of carbonyl (C=O) groups excluding carboxylic acids is 2. The van der Waals surface area contributed by atoms with E-state index in [1.807, 2.05) is 0 Å². The van der Waals surface area contributed by atoms with E-state index in [4.69, 9.17) is 9.47 Å². The molecule has 54 heavy (non-hydrogen) atoms. The number of unbranched alkanes of at least 4 members (excludes halogenated alkanes) is 8. The fourth-order valence-electron chi connectivity index (χ4n) is 5.08. The van der Waals surface area contributed by atoms with E-state index in [1.165, 1.54) is 12.8 Å². The van der Waals surface area contributed by atoms with Crippen LogP contribution >= 0.6 is 0 Å². The lowest BCUT2D eigenvalue weighted by atomic mass is 10.1. The van der Waals surface area contributed by atoms with Crippen molar-refractivity contribution in [3.8, 4) is 0 Å². The van der Waals surface area contributed by atoms with Crippen molar-refractivity contribution in [2.75, 3.05) is 13.2 Å². The van der Waals surface area contributed by atoms with Crippen LogP contribution in [0.2, 0.25) is 0 Å². The number of carbonyl (C=O) groups is 2. The van der Waals surface area contributed by atoms with E-state index < -0.39 is 6.10 Å². The first-order chi connectivity index (χ1) is 26.6. The molecule has 0 aliphatic heterocycles. The van der Waals surface area contributed by atoms with Crippen LogP contribution in [0.1, 0.15) is 155 Å². The Morgan fingerprint density at radius 1 is 0.444 bits per heavy atom. The van der Waals surface area contributed by atoms with E-state index in [-0.39, 0.29) is 31.6 Å². The van der Waals surface area contributed by atoms with Gasteiger partial charge in [0.2, 0.25) is 0 Å². The molecule has 1 unspecified atom stereocenters. The summed E-state index contributed by atoms with van der Waals surface area (Å²) in [6.45, 7) is 3.88. The summed E-state index contributed by atoms with van der Waals surface area (Å²) < 4.78 is 10.6.